The number of aryl methyl sites for hydroxylation is 3. The Bertz CT molecular complexity index is 680. The Morgan fingerprint density at radius 1 is 1.24 bits per heavy atom. The Kier molecular flexibility index (Phi) is 4.58. The molecule has 0 atom stereocenters. The maximum absolute atomic E-state index is 5.93. The van der Waals surface area contributed by atoms with E-state index < -0.39 is 0 Å². The van der Waals surface area contributed by atoms with Gasteiger partial charge >= 0.3 is 0 Å². The topological polar surface area (TPSA) is 42.2 Å². The summed E-state index contributed by atoms with van der Waals surface area (Å²) in [6.07, 6.45) is 0. The van der Waals surface area contributed by atoms with Crippen LogP contribution in [0.5, 0.6) is 0 Å². The van der Waals surface area contributed by atoms with E-state index in [1.165, 1.54) is 5.56 Å². The number of rotatable bonds is 4. The minimum absolute atomic E-state index is 0.390. The average Bonchev–Trinajstić information content (AvgIpc) is 2.38. The molecular formula is C17H21N3S. The fourth-order valence-electron chi connectivity index (χ4n) is 2.57. The third-order valence-electron chi connectivity index (χ3n) is 3.46. The van der Waals surface area contributed by atoms with Crippen molar-refractivity contribution in [1.29, 1.82) is 0 Å². The summed E-state index contributed by atoms with van der Waals surface area (Å²) < 4.78 is 0. The third kappa shape index (κ3) is 3.22. The predicted octanol–water partition coefficient (Wildman–Crippen LogP) is 3.80. The molecule has 3 nitrogen and oxygen atoms in total. The first-order chi connectivity index (χ1) is 9.93. The zero-order valence-corrected chi connectivity index (χ0v) is 13.8. The molecule has 0 saturated heterocycles. The lowest BCUT2D eigenvalue weighted by molar-refractivity contribution is 0.971. The van der Waals surface area contributed by atoms with E-state index in [-0.39, 0.29) is 0 Å². The lowest BCUT2D eigenvalue weighted by Gasteiger charge is -2.26. The Morgan fingerprint density at radius 3 is 2.52 bits per heavy atom. The molecule has 21 heavy (non-hydrogen) atoms. The van der Waals surface area contributed by atoms with E-state index in [1.54, 1.807) is 0 Å². The molecule has 1 aromatic heterocycles. The summed E-state index contributed by atoms with van der Waals surface area (Å²) >= 11 is 5.23. The largest absolute Gasteiger partial charge is 0.389 e. The number of nitrogens with zero attached hydrogens (tertiary/aromatic N) is 2. The molecule has 1 aromatic carbocycles. The van der Waals surface area contributed by atoms with Crippen LogP contribution in [0, 0.1) is 20.8 Å². The molecule has 2 N–H and O–H groups in total. The normalized spacial score (nSPS) is 10.5. The van der Waals surface area contributed by atoms with Gasteiger partial charge in [-0.25, -0.2) is 4.98 Å². The van der Waals surface area contributed by atoms with Crippen LogP contribution in [0.4, 0.5) is 11.5 Å². The second-order valence-electron chi connectivity index (χ2n) is 5.23. The number of nitrogens with two attached hydrogens (primary N) is 1. The Hall–Kier alpha value is -1.94. The number of aromatic nitrogens is 1. The summed E-state index contributed by atoms with van der Waals surface area (Å²) in [6, 6.07) is 10.4. The SMILES string of the molecule is CCN(c1cccc(C)c1)c1nc(C)cc(C)c1C(N)=S. The molecule has 4 heteroatoms. The van der Waals surface area contributed by atoms with Gasteiger partial charge in [-0.3, -0.25) is 0 Å². The minimum Gasteiger partial charge on any atom is -0.389 e. The lowest BCUT2D eigenvalue weighted by Crippen LogP contribution is -2.24. The van der Waals surface area contributed by atoms with E-state index in [2.05, 4.69) is 43.0 Å². The second kappa shape index (κ2) is 6.22. The van der Waals surface area contributed by atoms with Crippen LogP contribution in [-0.4, -0.2) is 16.5 Å². The molecule has 0 radical (unpaired) electrons. The van der Waals surface area contributed by atoms with Crippen LogP contribution in [-0.2, 0) is 0 Å². The second-order valence-corrected chi connectivity index (χ2v) is 5.67. The number of anilines is 2. The minimum atomic E-state index is 0.390. The van der Waals surface area contributed by atoms with E-state index in [0.29, 0.717) is 4.99 Å². The summed E-state index contributed by atoms with van der Waals surface area (Å²) in [6.45, 7) is 9.00. The molecule has 110 valence electrons. The summed E-state index contributed by atoms with van der Waals surface area (Å²) in [7, 11) is 0. The van der Waals surface area contributed by atoms with Crippen LogP contribution in [0.3, 0.4) is 0 Å². The lowest BCUT2D eigenvalue weighted by atomic mass is 10.1. The van der Waals surface area contributed by atoms with Crippen molar-refractivity contribution in [1.82, 2.24) is 4.98 Å². The van der Waals surface area contributed by atoms with Gasteiger partial charge in [-0.1, -0.05) is 24.4 Å². The van der Waals surface area contributed by atoms with Crippen molar-refractivity contribution >= 4 is 28.7 Å². The van der Waals surface area contributed by atoms with Gasteiger partial charge in [0.05, 0.1) is 5.56 Å². The number of thiocarbonyl (C=S) groups is 1. The highest BCUT2D eigenvalue weighted by molar-refractivity contribution is 7.80. The highest BCUT2D eigenvalue weighted by atomic mass is 32.1. The summed E-state index contributed by atoms with van der Waals surface area (Å²) in [5, 5.41) is 0. The molecule has 2 rings (SSSR count). The fourth-order valence-corrected chi connectivity index (χ4v) is 2.82. The molecule has 1 heterocycles. The van der Waals surface area contributed by atoms with Gasteiger partial charge in [0, 0.05) is 17.9 Å². The van der Waals surface area contributed by atoms with Gasteiger partial charge in [0.1, 0.15) is 10.8 Å². The van der Waals surface area contributed by atoms with Crippen molar-refractivity contribution in [3.05, 3.63) is 52.7 Å². The van der Waals surface area contributed by atoms with E-state index in [9.17, 15) is 0 Å². The van der Waals surface area contributed by atoms with Crippen LogP contribution in [0.25, 0.3) is 0 Å². The monoisotopic (exact) mass is 299 g/mol. The molecule has 0 spiro atoms. The van der Waals surface area contributed by atoms with Crippen LogP contribution in [0.15, 0.2) is 30.3 Å². The Labute approximate surface area is 131 Å². The molecule has 0 unspecified atom stereocenters. The van der Waals surface area contributed by atoms with E-state index >= 15 is 0 Å². The van der Waals surface area contributed by atoms with Gasteiger partial charge in [-0.05, 0) is 57.0 Å². The number of benzene rings is 1. The summed E-state index contributed by atoms with van der Waals surface area (Å²) in [5.41, 5.74) is 11.1. The zero-order valence-electron chi connectivity index (χ0n) is 13.0. The van der Waals surface area contributed by atoms with E-state index in [4.69, 9.17) is 22.9 Å². The Balaban J connectivity index is 2.65. The number of hydrogen-bond donors (Lipinski definition) is 1. The molecule has 0 amide bonds. The maximum Gasteiger partial charge on any atom is 0.143 e. The van der Waals surface area contributed by atoms with Gasteiger partial charge in [0.15, 0.2) is 0 Å². The van der Waals surface area contributed by atoms with Crippen molar-refractivity contribution in [2.45, 2.75) is 27.7 Å². The van der Waals surface area contributed by atoms with Crippen LogP contribution >= 0.6 is 12.2 Å². The standard InChI is InChI=1S/C17H21N3S/c1-5-20(14-8-6-7-11(2)9-14)17-15(16(18)21)12(3)10-13(4)19-17/h6-10H,5H2,1-4H3,(H2,18,21). The highest BCUT2D eigenvalue weighted by Crippen LogP contribution is 2.29. The van der Waals surface area contributed by atoms with Crippen molar-refractivity contribution in [3.8, 4) is 0 Å². The molecule has 0 saturated carbocycles. The molecule has 0 aliphatic heterocycles. The van der Waals surface area contributed by atoms with Gasteiger partial charge < -0.3 is 10.6 Å². The first kappa shape index (κ1) is 15.4. The van der Waals surface area contributed by atoms with Gasteiger partial charge in [0.25, 0.3) is 0 Å². The molecule has 2 aromatic rings. The van der Waals surface area contributed by atoms with Crippen molar-refractivity contribution in [2.75, 3.05) is 11.4 Å². The van der Waals surface area contributed by atoms with E-state index in [0.717, 1.165) is 34.9 Å². The quantitative estimate of drug-likeness (QED) is 0.872. The molecule has 0 fully saturated rings. The zero-order chi connectivity index (χ0) is 15.6. The van der Waals surface area contributed by atoms with Gasteiger partial charge in [0.2, 0.25) is 0 Å². The van der Waals surface area contributed by atoms with Crippen LogP contribution < -0.4 is 10.6 Å². The number of hydrogen-bond acceptors (Lipinski definition) is 3. The number of pyridine rings is 1. The van der Waals surface area contributed by atoms with Crippen molar-refractivity contribution in [3.63, 3.8) is 0 Å². The Morgan fingerprint density at radius 2 is 1.95 bits per heavy atom. The van der Waals surface area contributed by atoms with Crippen LogP contribution in [0.2, 0.25) is 0 Å². The molecule has 0 aliphatic carbocycles. The maximum atomic E-state index is 5.93. The van der Waals surface area contributed by atoms with Crippen molar-refractivity contribution < 1.29 is 0 Å². The van der Waals surface area contributed by atoms with Gasteiger partial charge in [-0.2, -0.15) is 0 Å². The van der Waals surface area contributed by atoms with Crippen molar-refractivity contribution in [2.24, 2.45) is 5.73 Å². The third-order valence-corrected chi connectivity index (χ3v) is 3.66. The smallest absolute Gasteiger partial charge is 0.143 e. The fraction of sp³-hybridized carbons (Fsp3) is 0.294. The predicted molar refractivity (Wildman–Crippen MR) is 93.5 cm³/mol. The van der Waals surface area contributed by atoms with Crippen LogP contribution in [0.1, 0.15) is 29.3 Å². The highest BCUT2D eigenvalue weighted by Gasteiger charge is 2.18. The molecular weight excluding hydrogens is 278 g/mol. The average molecular weight is 299 g/mol. The first-order valence-electron chi connectivity index (χ1n) is 7.06. The summed E-state index contributed by atoms with van der Waals surface area (Å²) in [5.74, 6) is 0.841. The van der Waals surface area contributed by atoms with Gasteiger partial charge in [-0.15, -0.1) is 0 Å². The summed E-state index contributed by atoms with van der Waals surface area (Å²) in [4.78, 5) is 7.24. The first-order valence-corrected chi connectivity index (χ1v) is 7.47. The molecule has 0 aliphatic rings. The van der Waals surface area contributed by atoms with E-state index in [1.807, 2.05) is 19.9 Å². The molecule has 0 bridgehead atoms.